The number of aliphatic imine (C=N–C) groups is 1. The number of likely N-dealkylation sites (N-methyl/N-ethyl adjacent to an activating group) is 1. The lowest BCUT2D eigenvalue weighted by molar-refractivity contribution is 0.178. The second-order valence-corrected chi connectivity index (χ2v) is 7.49. The summed E-state index contributed by atoms with van der Waals surface area (Å²) in [5.41, 5.74) is 12.0. The lowest BCUT2D eigenvalue weighted by atomic mass is 9.86. The van der Waals surface area contributed by atoms with E-state index in [4.69, 9.17) is 11.5 Å². The predicted molar refractivity (Wildman–Crippen MR) is 87.5 cm³/mol. The molecule has 1 saturated heterocycles. The van der Waals surface area contributed by atoms with Crippen molar-refractivity contribution >= 4 is 5.96 Å². The van der Waals surface area contributed by atoms with Gasteiger partial charge in [-0.3, -0.25) is 0 Å². The van der Waals surface area contributed by atoms with Crippen molar-refractivity contribution in [1.82, 2.24) is 15.1 Å². The summed E-state index contributed by atoms with van der Waals surface area (Å²) in [5.74, 6) is 1.43. The Labute approximate surface area is 128 Å². The molecule has 2 heterocycles. The van der Waals surface area contributed by atoms with Crippen molar-refractivity contribution in [2.75, 3.05) is 33.2 Å². The third-order valence-corrected chi connectivity index (χ3v) is 4.09. The zero-order valence-corrected chi connectivity index (χ0v) is 13.8. The first-order chi connectivity index (χ1) is 9.67. The molecule has 0 aromatic rings. The number of nitrogens with one attached hydrogen (secondary N) is 1. The molecular weight excluding hydrogens is 264 g/mol. The van der Waals surface area contributed by atoms with Gasteiger partial charge in [0.2, 0.25) is 0 Å². The molecule has 2 aliphatic heterocycles. The van der Waals surface area contributed by atoms with Crippen LogP contribution in [-0.4, -0.2) is 54.6 Å². The Balaban J connectivity index is 2.08. The van der Waals surface area contributed by atoms with Gasteiger partial charge in [-0.2, -0.15) is 0 Å². The Hall–Kier alpha value is -1.27. The summed E-state index contributed by atoms with van der Waals surface area (Å²) in [5, 5.41) is 3.17. The predicted octanol–water partition coefficient (Wildman–Crippen LogP) is 0.474. The summed E-state index contributed by atoms with van der Waals surface area (Å²) in [6.07, 6.45) is 3.85. The van der Waals surface area contributed by atoms with Crippen LogP contribution in [0.5, 0.6) is 0 Å². The van der Waals surface area contributed by atoms with E-state index in [0.717, 1.165) is 44.8 Å². The summed E-state index contributed by atoms with van der Waals surface area (Å²) < 4.78 is 0. The highest BCUT2D eigenvalue weighted by atomic mass is 15.3. The van der Waals surface area contributed by atoms with Crippen LogP contribution < -0.4 is 16.8 Å². The van der Waals surface area contributed by atoms with Gasteiger partial charge in [0.15, 0.2) is 5.96 Å². The average molecular weight is 294 g/mol. The summed E-state index contributed by atoms with van der Waals surface area (Å²) >= 11 is 0. The van der Waals surface area contributed by atoms with Gasteiger partial charge < -0.3 is 26.6 Å². The van der Waals surface area contributed by atoms with Gasteiger partial charge in [0.05, 0.1) is 0 Å². The van der Waals surface area contributed by atoms with E-state index in [9.17, 15) is 0 Å². The molecule has 6 heteroatoms. The minimum Gasteiger partial charge on any atom is -0.370 e. The van der Waals surface area contributed by atoms with Crippen LogP contribution in [0.25, 0.3) is 0 Å². The molecule has 0 aromatic carbocycles. The molecule has 1 atom stereocenters. The first-order valence-electron chi connectivity index (χ1n) is 7.74. The van der Waals surface area contributed by atoms with Gasteiger partial charge in [-0.15, -0.1) is 0 Å². The Morgan fingerprint density at radius 1 is 1.29 bits per heavy atom. The van der Waals surface area contributed by atoms with E-state index >= 15 is 0 Å². The Kier molecular flexibility index (Phi) is 4.49. The normalized spacial score (nSPS) is 28.0. The summed E-state index contributed by atoms with van der Waals surface area (Å²) in [6.45, 7) is 10.7. The minimum atomic E-state index is -0.693. The number of nitrogens with two attached hydrogens (primary N) is 2. The smallest absolute Gasteiger partial charge is 0.196 e. The van der Waals surface area contributed by atoms with Crippen molar-refractivity contribution in [2.24, 2.45) is 21.9 Å². The number of hydrogen-bond acceptors (Lipinski definition) is 6. The topological polar surface area (TPSA) is 82.9 Å². The van der Waals surface area contributed by atoms with Crippen molar-refractivity contribution in [3.8, 4) is 0 Å². The van der Waals surface area contributed by atoms with Crippen LogP contribution in [-0.2, 0) is 0 Å². The Bertz CT molecular complexity index is 428. The molecule has 0 aliphatic carbocycles. The largest absolute Gasteiger partial charge is 0.370 e. The van der Waals surface area contributed by atoms with Crippen LogP contribution >= 0.6 is 0 Å². The van der Waals surface area contributed by atoms with E-state index in [0.29, 0.717) is 5.96 Å². The van der Waals surface area contributed by atoms with Crippen LogP contribution in [0.15, 0.2) is 16.9 Å². The molecule has 21 heavy (non-hydrogen) atoms. The summed E-state index contributed by atoms with van der Waals surface area (Å²) in [6, 6.07) is 0. The second-order valence-electron chi connectivity index (χ2n) is 7.49. The van der Waals surface area contributed by atoms with Crippen LogP contribution in [0.4, 0.5) is 0 Å². The molecule has 120 valence electrons. The molecule has 5 N–H and O–H groups in total. The second kappa shape index (κ2) is 5.85. The number of rotatable bonds is 3. The minimum absolute atomic E-state index is 0.239. The van der Waals surface area contributed by atoms with Crippen molar-refractivity contribution in [1.29, 1.82) is 0 Å². The maximum Gasteiger partial charge on any atom is 0.196 e. The maximum atomic E-state index is 6.46. The lowest BCUT2D eigenvalue weighted by Gasteiger charge is -2.39. The molecule has 0 bridgehead atoms. The molecule has 1 fully saturated rings. The molecule has 0 radical (unpaired) electrons. The Morgan fingerprint density at radius 3 is 2.48 bits per heavy atom. The number of guanidine groups is 1. The van der Waals surface area contributed by atoms with E-state index in [-0.39, 0.29) is 5.41 Å². The molecule has 0 aromatic heterocycles. The molecule has 0 amide bonds. The van der Waals surface area contributed by atoms with Gasteiger partial charge in [0.25, 0.3) is 0 Å². The Morgan fingerprint density at radius 2 is 1.90 bits per heavy atom. The van der Waals surface area contributed by atoms with Crippen molar-refractivity contribution < 1.29 is 0 Å². The highest BCUT2D eigenvalue weighted by Crippen LogP contribution is 2.28. The molecule has 2 rings (SSSR count). The zero-order chi connectivity index (χ0) is 15.7. The fraction of sp³-hybridized carbons (Fsp3) is 0.800. The van der Waals surface area contributed by atoms with Crippen LogP contribution in [0, 0.1) is 5.41 Å². The van der Waals surface area contributed by atoms with E-state index in [1.807, 2.05) is 6.08 Å². The zero-order valence-electron chi connectivity index (χ0n) is 13.8. The number of piperazine rings is 1. The third kappa shape index (κ3) is 4.61. The molecular formula is C15H30N6. The van der Waals surface area contributed by atoms with Crippen molar-refractivity contribution in [2.45, 2.75) is 39.3 Å². The molecule has 6 nitrogen and oxygen atoms in total. The third-order valence-electron chi connectivity index (χ3n) is 4.09. The standard InChI is InChI=1S/C15H30N6/c1-14(2,3)5-6-15(17)11-12(18-13(16)19-15)21-9-7-20(4)8-10-21/h11H,5-10,17H2,1-4H3,(H3,16,18,19). The monoisotopic (exact) mass is 294 g/mol. The van der Waals surface area contributed by atoms with E-state index in [2.05, 4.69) is 47.9 Å². The summed E-state index contributed by atoms with van der Waals surface area (Å²) in [7, 11) is 2.15. The molecule has 2 aliphatic rings. The van der Waals surface area contributed by atoms with Gasteiger partial charge in [0, 0.05) is 26.2 Å². The quantitative estimate of drug-likeness (QED) is 0.705. The van der Waals surface area contributed by atoms with Gasteiger partial charge in [-0.05, 0) is 31.4 Å². The first kappa shape index (κ1) is 16.1. The van der Waals surface area contributed by atoms with E-state index in [1.165, 1.54) is 0 Å². The molecule has 1 unspecified atom stereocenters. The molecule has 0 saturated carbocycles. The van der Waals surface area contributed by atoms with Crippen molar-refractivity contribution in [3.05, 3.63) is 11.9 Å². The average Bonchev–Trinajstić information content (AvgIpc) is 2.36. The van der Waals surface area contributed by atoms with Gasteiger partial charge >= 0.3 is 0 Å². The highest BCUT2D eigenvalue weighted by molar-refractivity contribution is 5.81. The number of hydrogen-bond donors (Lipinski definition) is 3. The lowest BCUT2D eigenvalue weighted by Crippen LogP contribution is -2.53. The maximum absolute atomic E-state index is 6.46. The summed E-state index contributed by atoms with van der Waals surface area (Å²) in [4.78, 5) is 9.06. The van der Waals surface area contributed by atoms with Crippen LogP contribution in [0.1, 0.15) is 33.6 Å². The fourth-order valence-corrected chi connectivity index (χ4v) is 2.61. The van der Waals surface area contributed by atoms with Crippen LogP contribution in [0.2, 0.25) is 0 Å². The van der Waals surface area contributed by atoms with Gasteiger partial charge in [-0.25, -0.2) is 4.99 Å². The van der Waals surface area contributed by atoms with Gasteiger partial charge in [0.1, 0.15) is 11.5 Å². The first-order valence-corrected chi connectivity index (χ1v) is 7.74. The fourth-order valence-electron chi connectivity index (χ4n) is 2.61. The van der Waals surface area contributed by atoms with Crippen LogP contribution in [0.3, 0.4) is 0 Å². The SMILES string of the molecule is CN1CCN(C2=CC(N)(CCC(C)(C)C)N=C(N)N2)CC1. The van der Waals surface area contributed by atoms with E-state index in [1.54, 1.807) is 0 Å². The number of nitrogens with zero attached hydrogens (tertiary/aromatic N) is 3. The molecule has 0 spiro atoms. The highest BCUT2D eigenvalue weighted by Gasteiger charge is 2.30. The van der Waals surface area contributed by atoms with Crippen molar-refractivity contribution in [3.63, 3.8) is 0 Å². The van der Waals surface area contributed by atoms with Gasteiger partial charge in [-0.1, -0.05) is 20.8 Å². The van der Waals surface area contributed by atoms with E-state index < -0.39 is 5.66 Å².